The van der Waals surface area contributed by atoms with Crippen molar-refractivity contribution < 1.29 is 9.84 Å². The van der Waals surface area contributed by atoms with Gasteiger partial charge in [-0.05, 0) is 67.5 Å². The Labute approximate surface area is 151 Å². The maximum atomic E-state index is 9.72. The van der Waals surface area contributed by atoms with Crippen LogP contribution in [0.5, 0.6) is 5.75 Å². The van der Waals surface area contributed by atoms with E-state index in [-0.39, 0.29) is 0 Å². The molecule has 1 N–H and O–H groups in total. The van der Waals surface area contributed by atoms with Gasteiger partial charge in [0.2, 0.25) is 0 Å². The number of aromatic hydroxyl groups is 1. The predicted octanol–water partition coefficient (Wildman–Crippen LogP) is 4.23. The van der Waals surface area contributed by atoms with Crippen molar-refractivity contribution in [1.29, 1.82) is 0 Å². The third-order valence-corrected chi connectivity index (χ3v) is 5.12. The Bertz CT molecular complexity index is 661. The Balaban J connectivity index is 1.51. The molecule has 1 aliphatic heterocycles. The van der Waals surface area contributed by atoms with Crippen molar-refractivity contribution in [3.05, 3.63) is 64.7 Å². The molecule has 2 aromatic rings. The number of hydrogen-bond donors (Lipinski definition) is 1. The van der Waals surface area contributed by atoms with Crippen LogP contribution < -0.4 is 0 Å². The summed E-state index contributed by atoms with van der Waals surface area (Å²) in [6.45, 7) is 7.89. The van der Waals surface area contributed by atoms with E-state index in [9.17, 15) is 5.11 Å². The van der Waals surface area contributed by atoms with Crippen LogP contribution in [0.4, 0.5) is 0 Å². The highest BCUT2D eigenvalue weighted by Gasteiger charge is 2.21. The maximum Gasteiger partial charge on any atom is 0.116 e. The van der Waals surface area contributed by atoms with E-state index in [1.54, 1.807) is 0 Å². The molecular weight excluding hydrogens is 310 g/mol. The summed E-state index contributed by atoms with van der Waals surface area (Å²) >= 11 is 0. The van der Waals surface area contributed by atoms with Gasteiger partial charge in [-0.25, -0.2) is 0 Å². The Morgan fingerprint density at radius 2 is 1.84 bits per heavy atom. The summed E-state index contributed by atoms with van der Waals surface area (Å²) in [5.74, 6) is 0.361. The van der Waals surface area contributed by atoms with Crippen molar-refractivity contribution in [1.82, 2.24) is 4.90 Å². The number of morpholine rings is 1. The smallest absolute Gasteiger partial charge is 0.116 e. The lowest BCUT2D eigenvalue weighted by molar-refractivity contribution is -0.0356. The monoisotopic (exact) mass is 339 g/mol. The lowest BCUT2D eigenvalue weighted by atomic mass is 10.0. The van der Waals surface area contributed by atoms with Crippen molar-refractivity contribution in [3.63, 3.8) is 0 Å². The summed E-state index contributed by atoms with van der Waals surface area (Å²) in [5, 5.41) is 9.72. The summed E-state index contributed by atoms with van der Waals surface area (Å²) in [5.41, 5.74) is 5.09. The third kappa shape index (κ3) is 5.07. The Morgan fingerprint density at radius 1 is 1.12 bits per heavy atom. The van der Waals surface area contributed by atoms with E-state index in [0.717, 1.165) is 39.1 Å². The fourth-order valence-corrected chi connectivity index (χ4v) is 3.72. The molecule has 1 unspecified atom stereocenters. The van der Waals surface area contributed by atoms with Crippen LogP contribution in [0.25, 0.3) is 0 Å². The van der Waals surface area contributed by atoms with Gasteiger partial charge in [0.1, 0.15) is 5.75 Å². The van der Waals surface area contributed by atoms with Crippen molar-refractivity contribution in [2.75, 3.05) is 19.7 Å². The van der Waals surface area contributed by atoms with Crippen LogP contribution in [0, 0.1) is 13.8 Å². The summed E-state index contributed by atoms with van der Waals surface area (Å²) in [4.78, 5) is 2.49. The normalized spacial score (nSPS) is 18.4. The van der Waals surface area contributed by atoms with Gasteiger partial charge in [-0.1, -0.05) is 30.3 Å². The number of phenols is 1. The molecule has 0 aromatic heterocycles. The molecule has 134 valence electrons. The molecule has 3 rings (SSSR count). The molecule has 0 bridgehead atoms. The van der Waals surface area contributed by atoms with Gasteiger partial charge in [0.15, 0.2) is 0 Å². The molecule has 1 aliphatic rings. The zero-order valence-electron chi connectivity index (χ0n) is 15.4. The minimum atomic E-state index is 0.329. The molecule has 3 heteroatoms. The number of rotatable bonds is 6. The van der Waals surface area contributed by atoms with Gasteiger partial charge in [-0.3, -0.25) is 4.90 Å². The molecule has 2 aromatic carbocycles. The van der Waals surface area contributed by atoms with Crippen molar-refractivity contribution in [2.24, 2.45) is 0 Å². The van der Waals surface area contributed by atoms with E-state index < -0.39 is 0 Å². The number of hydrogen-bond acceptors (Lipinski definition) is 3. The van der Waals surface area contributed by atoms with Crippen molar-refractivity contribution >= 4 is 0 Å². The van der Waals surface area contributed by atoms with E-state index in [1.165, 1.54) is 28.7 Å². The molecule has 0 amide bonds. The largest absolute Gasteiger partial charge is 0.508 e. The fourth-order valence-electron chi connectivity index (χ4n) is 3.72. The van der Waals surface area contributed by atoms with E-state index >= 15 is 0 Å². The van der Waals surface area contributed by atoms with Crippen LogP contribution in [0.3, 0.4) is 0 Å². The molecule has 0 radical (unpaired) electrons. The fraction of sp³-hybridized carbons (Fsp3) is 0.455. The van der Waals surface area contributed by atoms with Gasteiger partial charge < -0.3 is 9.84 Å². The highest BCUT2D eigenvalue weighted by atomic mass is 16.5. The van der Waals surface area contributed by atoms with Crippen LogP contribution in [0.1, 0.15) is 35.1 Å². The number of benzene rings is 2. The number of ether oxygens (including phenoxy) is 1. The first-order chi connectivity index (χ1) is 12.1. The molecule has 1 heterocycles. The highest BCUT2D eigenvalue weighted by Crippen LogP contribution is 2.23. The molecule has 1 fully saturated rings. The summed E-state index contributed by atoms with van der Waals surface area (Å²) in [7, 11) is 0. The van der Waals surface area contributed by atoms with E-state index in [0.29, 0.717) is 11.9 Å². The number of nitrogens with zero attached hydrogens (tertiary/aromatic N) is 1. The minimum absolute atomic E-state index is 0.329. The van der Waals surface area contributed by atoms with Gasteiger partial charge in [-0.2, -0.15) is 0 Å². The summed E-state index contributed by atoms with van der Waals surface area (Å²) < 4.78 is 5.98. The third-order valence-electron chi connectivity index (χ3n) is 5.12. The molecule has 0 saturated carbocycles. The lowest BCUT2D eigenvalue weighted by Gasteiger charge is -2.33. The topological polar surface area (TPSA) is 32.7 Å². The second kappa shape index (κ2) is 8.50. The molecule has 0 aliphatic carbocycles. The van der Waals surface area contributed by atoms with Gasteiger partial charge in [0.25, 0.3) is 0 Å². The van der Waals surface area contributed by atoms with E-state index in [4.69, 9.17) is 4.74 Å². The Morgan fingerprint density at radius 3 is 2.56 bits per heavy atom. The quantitative estimate of drug-likeness (QED) is 0.855. The van der Waals surface area contributed by atoms with Crippen LogP contribution in [0.15, 0.2) is 42.5 Å². The first kappa shape index (κ1) is 18.0. The SMILES string of the molecule is Cc1cc(O)cc(C)c1CN1CCOC(CCCc2ccccc2)C1. The van der Waals surface area contributed by atoms with E-state index in [2.05, 4.69) is 49.1 Å². The van der Waals surface area contributed by atoms with Crippen LogP contribution in [-0.4, -0.2) is 35.8 Å². The first-order valence-electron chi connectivity index (χ1n) is 9.29. The highest BCUT2D eigenvalue weighted by molar-refractivity contribution is 5.40. The van der Waals surface area contributed by atoms with Crippen LogP contribution >= 0.6 is 0 Å². The first-order valence-corrected chi connectivity index (χ1v) is 9.29. The molecule has 25 heavy (non-hydrogen) atoms. The van der Waals surface area contributed by atoms with Gasteiger partial charge in [0, 0.05) is 19.6 Å². The number of phenolic OH excluding ortho intramolecular Hbond substituents is 1. The Hall–Kier alpha value is -1.84. The summed E-state index contributed by atoms with van der Waals surface area (Å²) in [6.07, 6.45) is 3.73. The second-order valence-corrected chi connectivity index (χ2v) is 7.16. The predicted molar refractivity (Wildman–Crippen MR) is 102 cm³/mol. The molecular formula is C22H29NO2. The van der Waals surface area contributed by atoms with Crippen molar-refractivity contribution in [3.8, 4) is 5.75 Å². The average Bonchev–Trinajstić information content (AvgIpc) is 2.59. The maximum absolute atomic E-state index is 9.72. The van der Waals surface area contributed by atoms with Crippen LogP contribution in [0.2, 0.25) is 0 Å². The molecule has 0 spiro atoms. The van der Waals surface area contributed by atoms with E-state index in [1.807, 2.05) is 12.1 Å². The molecule has 1 saturated heterocycles. The van der Waals surface area contributed by atoms with Gasteiger partial charge in [0.05, 0.1) is 12.7 Å². The minimum Gasteiger partial charge on any atom is -0.508 e. The standard InChI is InChI=1S/C22H29NO2/c1-17-13-20(24)14-18(2)22(17)16-23-11-12-25-21(15-23)10-6-9-19-7-4-3-5-8-19/h3-5,7-8,13-14,21,24H,6,9-12,15-16H2,1-2H3. The van der Waals surface area contributed by atoms with Gasteiger partial charge >= 0.3 is 0 Å². The average molecular weight is 339 g/mol. The van der Waals surface area contributed by atoms with Crippen LogP contribution in [-0.2, 0) is 17.7 Å². The Kier molecular flexibility index (Phi) is 6.11. The zero-order chi connectivity index (χ0) is 17.6. The lowest BCUT2D eigenvalue weighted by Crippen LogP contribution is -2.42. The molecule has 3 nitrogen and oxygen atoms in total. The van der Waals surface area contributed by atoms with Gasteiger partial charge in [-0.15, -0.1) is 0 Å². The van der Waals surface area contributed by atoms with Crippen molar-refractivity contribution in [2.45, 2.75) is 45.8 Å². The second-order valence-electron chi connectivity index (χ2n) is 7.16. The molecule has 1 atom stereocenters. The zero-order valence-corrected chi connectivity index (χ0v) is 15.4. The summed E-state index contributed by atoms with van der Waals surface area (Å²) in [6, 6.07) is 14.4. The number of aryl methyl sites for hydroxylation is 3.